The molecule has 1 saturated heterocycles. The monoisotopic (exact) mass is 113 g/mol. The van der Waals surface area contributed by atoms with Gasteiger partial charge in [-0.2, -0.15) is 0 Å². The zero-order valence-electron chi connectivity index (χ0n) is 4.46. The summed E-state index contributed by atoms with van der Waals surface area (Å²) in [6.45, 7) is 0.468. The van der Waals surface area contributed by atoms with Gasteiger partial charge in [-0.3, -0.25) is 4.79 Å². The summed E-state index contributed by atoms with van der Waals surface area (Å²) in [5, 5.41) is 0. The van der Waals surface area contributed by atoms with Crippen LogP contribution in [0.25, 0.3) is 0 Å². The summed E-state index contributed by atoms with van der Waals surface area (Å²) in [6, 6.07) is -0.858. The normalized spacial score (nSPS) is 29.6. The van der Waals surface area contributed by atoms with Gasteiger partial charge in [0, 0.05) is 0 Å². The molecule has 0 aliphatic carbocycles. The van der Waals surface area contributed by atoms with Gasteiger partial charge in [-0.1, -0.05) is 0 Å². The average molecular weight is 113 g/mol. The summed E-state index contributed by atoms with van der Waals surface area (Å²) in [7, 11) is 0. The molecule has 3 nitrogen and oxygen atoms in total. The zero-order valence-corrected chi connectivity index (χ0v) is 4.46. The van der Waals surface area contributed by atoms with Gasteiger partial charge < -0.3 is 4.74 Å². The highest BCUT2D eigenvalue weighted by molar-refractivity contribution is 5.75. The SMILES string of the molecule is [N]C1CCCOC1=O. The Balaban J connectivity index is 2.39. The molecule has 1 aliphatic heterocycles. The van der Waals surface area contributed by atoms with Gasteiger partial charge in [0.1, 0.15) is 6.04 Å². The quantitative estimate of drug-likeness (QED) is 0.407. The Hall–Kier alpha value is -0.570. The lowest BCUT2D eigenvalue weighted by atomic mass is 10.1. The van der Waals surface area contributed by atoms with Crippen molar-refractivity contribution in [1.82, 2.24) is 5.73 Å². The molecule has 0 N–H and O–H groups in total. The molecule has 0 saturated carbocycles. The van der Waals surface area contributed by atoms with Crippen molar-refractivity contribution in [2.75, 3.05) is 6.61 Å². The van der Waals surface area contributed by atoms with Crippen molar-refractivity contribution >= 4 is 5.97 Å². The Morgan fingerprint density at radius 3 is 2.88 bits per heavy atom. The minimum absolute atomic E-state index is 0.468. The lowest BCUT2D eigenvalue weighted by molar-refractivity contribution is -0.148. The van der Waals surface area contributed by atoms with Crippen LogP contribution in [0.3, 0.4) is 0 Å². The van der Waals surface area contributed by atoms with E-state index in [0.717, 1.165) is 6.42 Å². The second-order valence-electron chi connectivity index (χ2n) is 1.83. The molecule has 8 heavy (non-hydrogen) atoms. The molecule has 1 heterocycles. The third-order valence-corrected chi connectivity index (χ3v) is 1.14. The van der Waals surface area contributed by atoms with Crippen LogP contribution >= 0.6 is 0 Å². The van der Waals surface area contributed by atoms with Gasteiger partial charge in [-0.05, 0) is 12.8 Å². The molecule has 3 heteroatoms. The van der Waals surface area contributed by atoms with E-state index in [1.165, 1.54) is 0 Å². The number of carbonyl (C=O) groups excluding carboxylic acids is 1. The number of rotatable bonds is 0. The first-order valence-electron chi connectivity index (χ1n) is 2.65. The van der Waals surface area contributed by atoms with Gasteiger partial charge >= 0.3 is 5.97 Å². The van der Waals surface area contributed by atoms with Crippen LogP contribution in [0.1, 0.15) is 12.8 Å². The van der Waals surface area contributed by atoms with Gasteiger partial charge in [-0.25, -0.2) is 0 Å². The van der Waals surface area contributed by atoms with Crippen LogP contribution < -0.4 is 5.73 Å². The van der Waals surface area contributed by atoms with E-state index in [9.17, 15) is 4.79 Å². The molecule has 1 atom stereocenters. The van der Waals surface area contributed by atoms with E-state index in [4.69, 9.17) is 5.73 Å². The number of esters is 1. The highest BCUT2D eigenvalue weighted by Crippen LogP contribution is 2.05. The van der Waals surface area contributed by atoms with Crippen molar-refractivity contribution in [1.29, 1.82) is 0 Å². The van der Waals surface area contributed by atoms with Gasteiger partial charge in [0.25, 0.3) is 0 Å². The Labute approximate surface area is 47.8 Å². The molecule has 2 radical (unpaired) electrons. The van der Waals surface area contributed by atoms with E-state index in [2.05, 4.69) is 4.74 Å². The van der Waals surface area contributed by atoms with Crippen molar-refractivity contribution < 1.29 is 9.53 Å². The van der Waals surface area contributed by atoms with Crippen LogP contribution in [0.2, 0.25) is 0 Å². The van der Waals surface area contributed by atoms with Crippen molar-refractivity contribution in [2.24, 2.45) is 0 Å². The fourth-order valence-electron chi connectivity index (χ4n) is 0.663. The molecular formula is C5H7NO2. The maximum Gasteiger partial charge on any atom is 0.326 e. The Morgan fingerprint density at radius 2 is 2.50 bits per heavy atom. The van der Waals surface area contributed by atoms with Crippen LogP contribution in [-0.2, 0) is 9.53 Å². The molecule has 1 aliphatic rings. The van der Waals surface area contributed by atoms with Crippen LogP contribution in [0, 0.1) is 0 Å². The Morgan fingerprint density at radius 1 is 1.75 bits per heavy atom. The highest BCUT2D eigenvalue weighted by atomic mass is 16.5. The number of carbonyl (C=O) groups is 1. The van der Waals surface area contributed by atoms with Crippen molar-refractivity contribution in [3.05, 3.63) is 0 Å². The summed E-state index contributed by atoms with van der Waals surface area (Å²) < 4.78 is 4.50. The van der Waals surface area contributed by atoms with Gasteiger partial charge in [0.05, 0.1) is 6.61 Å². The molecule has 0 aromatic carbocycles. The Bertz CT molecular complexity index is 103. The van der Waals surface area contributed by atoms with Crippen molar-refractivity contribution in [3.8, 4) is 0 Å². The molecule has 1 rings (SSSR count). The maximum atomic E-state index is 10.3. The molecule has 0 spiro atoms. The summed E-state index contributed by atoms with van der Waals surface area (Å²) in [5.74, 6) is -0.476. The first-order valence-corrected chi connectivity index (χ1v) is 2.65. The van der Waals surface area contributed by atoms with Gasteiger partial charge in [0.15, 0.2) is 0 Å². The van der Waals surface area contributed by atoms with E-state index in [-0.39, 0.29) is 0 Å². The third kappa shape index (κ3) is 0.980. The average Bonchev–Trinajstić information content (AvgIpc) is 1.77. The van der Waals surface area contributed by atoms with E-state index >= 15 is 0 Å². The summed E-state index contributed by atoms with van der Waals surface area (Å²) >= 11 is 0. The minimum Gasteiger partial charge on any atom is -0.464 e. The smallest absolute Gasteiger partial charge is 0.326 e. The van der Waals surface area contributed by atoms with E-state index in [1.54, 1.807) is 0 Å². The number of cyclic esters (lactones) is 1. The second-order valence-corrected chi connectivity index (χ2v) is 1.83. The fraction of sp³-hybridized carbons (Fsp3) is 0.800. The largest absolute Gasteiger partial charge is 0.464 e. The third-order valence-electron chi connectivity index (χ3n) is 1.14. The first kappa shape index (κ1) is 5.56. The van der Waals surface area contributed by atoms with E-state index in [0.29, 0.717) is 13.0 Å². The maximum absolute atomic E-state index is 10.3. The number of hydrogen-bond acceptors (Lipinski definition) is 2. The van der Waals surface area contributed by atoms with Crippen LogP contribution in [-0.4, -0.2) is 18.6 Å². The molecule has 44 valence electrons. The molecule has 1 unspecified atom stereocenters. The van der Waals surface area contributed by atoms with Crippen LogP contribution in [0.15, 0.2) is 0 Å². The molecule has 1 fully saturated rings. The number of hydrogen-bond donors (Lipinski definition) is 0. The summed E-state index contributed by atoms with van der Waals surface area (Å²) in [6.07, 6.45) is 1.34. The van der Waals surface area contributed by atoms with E-state index < -0.39 is 12.0 Å². The molecule has 0 bridgehead atoms. The summed E-state index contributed by atoms with van der Waals surface area (Å²) in [5.41, 5.74) is 8.70. The van der Waals surface area contributed by atoms with Crippen molar-refractivity contribution in [2.45, 2.75) is 18.9 Å². The predicted octanol–water partition coefficient (Wildman–Crippen LogP) is -0.239. The predicted molar refractivity (Wildman–Crippen MR) is 26.1 cm³/mol. The molecular weight excluding hydrogens is 106 g/mol. The highest BCUT2D eigenvalue weighted by Gasteiger charge is 2.20. The lowest BCUT2D eigenvalue weighted by Crippen LogP contribution is -2.29. The van der Waals surface area contributed by atoms with Crippen LogP contribution in [0.4, 0.5) is 0 Å². The van der Waals surface area contributed by atoms with Gasteiger partial charge in [0.2, 0.25) is 0 Å². The number of nitrogens with zero attached hydrogens (tertiary/aromatic N) is 1. The van der Waals surface area contributed by atoms with Crippen LogP contribution in [0.5, 0.6) is 0 Å². The summed E-state index contributed by atoms with van der Waals surface area (Å²) in [4.78, 5) is 10.3. The standard InChI is InChI=1S/C5H7NO2/c6-4-2-1-3-8-5(4)7/h4H,1-3H2. The topological polar surface area (TPSA) is 48.6 Å². The van der Waals surface area contributed by atoms with E-state index in [1.807, 2.05) is 0 Å². The van der Waals surface area contributed by atoms with Crippen molar-refractivity contribution in [3.63, 3.8) is 0 Å². The molecule has 0 aromatic heterocycles. The second kappa shape index (κ2) is 2.13. The number of ether oxygens (including phenoxy) is 1. The molecule has 0 aromatic rings. The Kier molecular flexibility index (Phi) is 1.48. The minimum atomic E-state index is -0.858. The first-order chi connectivity index (χ1) is 3.80. The zero-order chi connectivity index (χ0) is 5.98. The van der Waals surface area contributed by atoms with Gasteiger partial charge in [-0.15, -0.1) is 5.73 Å². The lowest BCUT2D eigenvalue weighted by Gasteiger charge is -2.14. The molecule has 0 amide bonds. The fourth-order valence-corrected chi connectivity index (χ4v) is 0.663.